The van der Waals surface area contributed by atoms with E-state index in [1.54, 1.807) is 0 Å². The molecule has 7 heterocycles. The summed E-state index contributed by atoms with van der Waals surface area (Å²) in [5.74, 6) is 2.76. The van der Waals surface area contributed by atoms with Crippen LogP contribution in [0.5, 0.6) is 23.3 Å². The van der Waals surface area contributed by atoms with Gasteiger partial charge in [0.1, 0.15) is 11.5 Å². The maximum atomic E-state index is 7.39. The van der Waals surface area contributed by atoms with Gasteiger partial charge in [-0.25, -0.2) is 9.97 Å². The van der Waals surface area contributed by atoms with Crippen molar-refractivity contribution in [1.29, 1.82) is 0 Å². The number of aromatic nitrogens is 2. The highest BCUT2D eigenvalue weighted by molar-refractivity contribution is 7.33. The maximum absolute atomic E-state index is 7.39. The third-order valence-corrected chi connectivity index (χ3v) is 20.4. The molecule has 6 aliphatic rings. The molecule has 10 aromatic rings. The summed E-state index contributed by atoms with van der Waals surface area (Å²) >= 11 is 1.88. The Morgan fingerprint density at radius 1 is 0.430 bits per heavy atom. The molecule has 0 saturated heterocycles. The van der Waals surface area contributed by atoms with Crippen LogP contribution in [0.1, 0.15) is 103 Å². The fourth-order valence-corrected chi connectivity index (χ4v) is 15.9. The number of fused-ring (bicyclic) bond motifs is 12. The van der Waals surface area contributed by atoms with E-state index in [1.165, 1.54) is 48.3 Å². The van der Waals surface area contributed by atoms with E-state index < -0.39 is 0 Å². The van der Waals surface area contributed by atoms with Gasteiger partial charge in [-0.05, 0) is 147 Å². The first-order valence-electron chi connectivity index (χ1n) is 28.4. The fourth-order valence-electron chi connectivity index (χ4n) is 14.6. The molecule has 6 nitrogen and oxygen atoms in total. The van der Waals surface area contributed by atoms with Gasteiger partial charge in [-0.1, -0.05) is 159 Å². The van der Waals surface area contributed by atoms with Crippen LogP contribution in [0, 0.1) is 0 Å². The van der Waals surface area contributed by atoms with Gasteiger partial charge in [-0.15, -0.1) is 11.3 Å². The van der Waals surface area contributed by atoms with Crippen LogP contribution < -0.4 is 51.4 Å². The Morgan fingerprint density at radius 2 is 0.911 bits per heavy atom. The van der Waals surface area contributed by atoms with Gasteiger partial charge in [0, 0.05) is 71.4 Å². The molecule has 0 bridgehead atoms. The molecule has 3 aromatic heterocycles. The summed E-state index contributed by atoms with van der Waals surface area (Å²) in [5.41, 5.74) is 22.2. The minimum atomic E-state index is -0.175. The molecule has 4 aliphatic heterocycles. The SMILES string of the molecule is CC1(C)CCC(C)(C)c2cc(-c3cc4c5c(n3)Oc3cc6c(cc3B5c3ccccc3N4c3ccccc3)B3c4sc5ccccc5c4N(c4ccccc4)c4cc(-c5ccc7c(c5)C(C)(C)CCC7(C)C)nc(c43)O6)ccc21. The van der Waals surface area contributed by atoms with Crippen molar-refractivity contribution >= 4 is 101 Å². The Kier molecular flexibility index (Phi) is 9.77. The van der Waals surface area contributed by atoms with Crippen molar-refractivity contribution in [2.45, 2.75) is 103 Å². The zero-order valence-electron chi connectivity index (χ0n) is 46.2. The van der Waals surface area contributed by atoms with Crippen molar-refractivity contribution in [3.63, 3.8) is 0 Å². The number of anilines is 6. The minimum Gasteiger partial charge on any atom is -0.440 e. The Labute approximate surface area is 468 Å². The summed E-state index contributed by atoms with van der Waals surface area (Å²) in [5, 5.41) is 1.23. The zero-order chi connectivity index (χ0) is 53.5. The topological polar surface area (TPSA) is 50.7 Å². The normalized spacial score (nSPS) is 17.7. The standard InChI is InChI=1S/C70H60B2N4O2S/c1-67(2)31-33-69(5,6)48-35-41(27-29-46(48)67)53-38-56-61-65(73-53)77-58-40-59-52(37-51(58)71(61)50-24-16-17-25-55(50)75(56)43-19-11-9-12-20-43)72-62-57(76(44-21-13-10-14-22-44)63-45-23-15-18-26-60(45)79-64(63)72)39-54(74-66(62)78-59)42-28-30-47-49(36-42)70(7,8)34-32-68(47,3)4/h9-30,35-40H,31-34H2,1-8H3. The lowest BCUT2D eigenvalue weighted by Crippen LogP contribution is -2.63. The Morgan fingerprint density at radius 3 is 1.51 bits per heavy atom. The van der Waals surface area contributed by atoms with Crippen LogP contribution in [0.25, 0.3) is 32.6 Å². The molecule has 16 rings (SSSR count). The highest BCUT2D eigenvalue weighted by Gasteiger charge is 2.49. The largest absolute Gasteiger partial charge is 0.440 e. The second-order valence-electron chi connectivity index (χ2n) is 25.8. The van der Waals surface area contributed by atoms with Crippen LogP contribution in [0.15, 0.2) is 170 Å². The first-order chi connectivity index (χ1) is 38.1. The second kappa shape index (κ2) is 16.4. The summed E-state index contributed by atoms with van der Waals surface area (Å²) in [7, 11) is 0. The van der Waals surface area contributed by atoms with Crippen LogP contribution in [-0.2, 0) is 21.7 Å². The average Bonchev–Trinajstić information content (AvgIpc) is 3.90. The van der Waals surface area contributed by atoms with Crippen molar-refractivity contribution in [2.75, 3.05) is 9.80 Å². The summed E-state index contributed by atoms with van der Waals surface area (Å²) in [6, 6.07) is 62.9. The molecule has 0 unspecified atom stereocenters. The van der Waals surface area contributed by atoms with Gasteiger partial charge < -0.3 is 19.3 Å². The lowest BCUT2D eigenvalue weighted by molar-refractivity contribution is 0.332. The lowest BCUT2D eigenvalue weighted by Gasteiger charge is -2.42. The lowest BCUT2D eigenvalue weighted by atomic mass is 9.32. The van der Waals surface area contributed by atoms with Crippen molar-refractivity contribution in [2.24, 2.45) is 0 Å². The number of nitrogens with zero attached hydrogens (tertiary/aromatic N) is 4. The number of benzene rings is 7. The summed E-state index contributed by atoms with van der Waals surface area (Å²) in [6.45, 7) is 18.8. The molecular weight excluding hydrogens is 982 g/mol. The molecule has 0 amide bonds. The van der Waals surface area contributed by atoms with Crippen LogP contribution in [0.2, 0.25) is 0 Å². The molecule has 0 radical (unpaired) electrons. The number of para-hydroxylation sites is 3. The van der Waals surface area contributed by atoms with Gasteiger partial charge in [0.05, 0.1) is 17.1 Å². The molecule has 2 aliphatic carbocycles. The monoisotopic (exact) mass is 1040 g/mol. The molecule has 7 aromatic carbocycles. The summed E-state index contributed by atoms with van der Waals surface area (Å²) in [6.07, 6.45) is 4.59. The molecule has 79 heavy (non-hydrogen) atoms. The Bertz CT molecular complexity index is 4260. The summed E-state index contributed by atoms with van der Waals surface area (Å²) < 4.78 is 17.3. The molecule has 0 fully saturated rings. The van der Waals surface area contributed by atoms with Crippen molar-refractivity contribution in [3.8, 4) is 45.8 Å². The van der Waals surface area contributed by atoms with Crippen molar-refractivity contribution in [1.82, 2.24) is 9.97 Å². The minimum absolute atomic E-state index is 0.0336. The van der Waals surface area contributed by atoms with Crippen molar-refractivity contribution < 1.29 is 9.47 Å². The maximum Gasteiger partial charge on any atom is 0.271 e. The molecule has 0 spiro atoms. The third-order valence-electron chi connectivity index (χ3n) is 19.1. The number of hydrogen-bond donors (Lipinski definition) is 0. The van der Waals surface area contributed by atoms with Gasteiger partial charge in [-0.2, -0.15) is 0 Å². The van der Waals surface area contributed by atoms with Gasteiger partial charge in [0.2, 0.25) is 11.8 Å². The van der Waals surface area contributed by atoms with E-state index in [9.17, 15) is 0 Å². The van der Waals surface area contributed by atoms with Gasteiger partial charge >= 0.3 is 0 Å². The third kappa shape index (κ3) is 6.84. The highest BCUT2D eigenvalue weighted by atomic mass is 32.1. The van der Waals surface area contributed by atoms with E-state index in [2.05, 4.69) is 235 Å². The predicted molar refractivity (Wildman–Crippen MR) is 331 cm³/mol. The molecule has 384 valence electrons. The molecular formula is C70H60B2N4O2S. The first kappa shape index (κ1) is 47.2. The Balaban J connectivity index is 0.927. The smallest absolute Gasteiger partial charge is 0.271 e. The van der Waals surface area contributed by atoms with Gasteiger partial charge in [0.15, 0.2) is 0 Å². The number of rotatable bonds is 4. The number of thiophene rings is 1. The quantitative estimate of drug-likeness (QED) is 0.164. The van der Waals surface area contributed by atoms with Crippen molar-refractivity contribution in [3.05, 3.63) is 192 Å². The average molecular weight is 1040 g/mol. The predicted octanol–water partition coefficient (Wildman–Crippen LogP) is 14.5. The van der Waals surface area contributed by atoms with E-state index in [-0.39, 0.29) is 35.1 Å². The zero-order valence-corrected chi connectivity index (χ0v) is 47.0. The fraction of sp³-hybridized carbons (Fsp3) is 0.229. The first-order valence-corrected chi connectivity index (χ1v) is 29.2. The molecule has 0 atom stereocenters. The van der Waals surface area contributed by atoms with E-state index in [0.29, 0.717) is 11.8 Å². The molecule has 0 saturated carbocycles. The second-order valence-corrected chi connectivity index (χ2v) is 26.8. The van der Waals surface area contributed by atoms with Crippen LogP contribution >= 0.6 is 11.3 Å². The van der Waals surface area contributed by atoms with Crippen LogP contribution in [0.3, 0.4) is 0 Å². The van der Waals surface area contributed by atoms with E-state index >= 15 is 0 Å². The van der Waals surface area contributed by atoms with Crippen LogP contribution in [-0.4, -0.2) is 23.4 Å². The van der Waals surface area contributed by atoms with E-state index in [4.69, 9.17) is 19.4 Å². The van der Waals surface area contributed by atoms with E-state index in [1.807, 2.05) is 11.3 Å². The molecule has 9 heteroatoms. The number of pyridine rings is 2. The summed E-state index contributed by atoms with van der Waals surface area (Å²) in [4.78, 5) is 16.1. The van der Waals surface area contributed by atoms with Gasteiger partial charge in [-0.3, -0.25) is 0 Å². The van der Waals surface area contributed by atoms with E-state index in [0.717, 1.165) is 110 Å². The van der Waals surface area contributed by atoms with Gasteiger partial charge in [0.25, 0.3) is 13.4 Å². The van der Waals surface area contributed by atoms with Crippen LogP contribution in [0.4, 0.5) is 34.1 Å². The number of hydrogen-bond acceptors (Lipinski definition) is 7. The Hall–Kier alpha value is -7.87. The number of ether oxygens (including phenoxy) is 2. The highest BCUT2D eigenvalue weighted by Crippen LogP contribution is 2.52. The molecule has 0 N–H and O–H groups in total.